The predicted molar refractivity (Wildman–Crippen MR) is 83.6 cm³/mol. The van der Waals surface area contributed by atoms with Crippen LogP contribution in [-0.4, -0.2) is 20.9 Å². The van der Waals surface area contributed by atoms with Gasteiger partial charge in [-0.25, -0.2) is 13.8 Å². The number of halogens is 2. The van der Waals surface area contributed by atoms with Gasteiger partial charge in [-0.3, -0.25) is 20.1 Å². The number of nitrogens with one attached hydrogen (secondary N) is 1. The van der Waals surface area contributed by atoms with Crippen molar-refractivity contribution in [1.82, 2.24) is 15.0 Å². The maximum atomic E-state index is 12.5. The molecule has 0 aliphatic heterocycles. The molecule has 1 amide bonds. The van der Waals surface area contributed by atoms with E-state index in [2.05, 4.69) is 20.3 Å². The molecule has 3 aromatic heterocycles. The summed E-state index contributed by atoms with van der Waals surface area (Å²) < 4.78 is 30.5. The predicted octanol–water partition coefficient (Wildman–Crippen LogP) is 3.92. The molecule has 0 unspecified atom stereocenters. The second-order valence-corrected chi connectivity index (χ2v) is 5.39. The van der Waals surface area contributed by atoms with Gasteiger partial charge in [0.05, 0.1) is 18.0 Å². The van der Waals surface area contributed by atoms with E-state index in [9.17, 15) is 13.6 Å². The second kappa shape index (κ2) is 7.09. The van der Waals surface area contributed by atoms with Gasteiger partial charge >= 0.3 is 0 Å². The molecule has 0 atom stereocenters. The first kappa shape index (κ1) is 15.9. The van der Waals surface area contributed by atoms with Gasteiger partial charge in [0.1, 0.15) is 17.2 Å². The zero-order chi connectivity index (χ0) is 16.9. The number of anilines is 1. The summed E-state index contributed by atoms with van der Waals surface area (Å²) >= 11 is 0.925. The third-order valence-corrected chi connectivity index (χ3v) is 3.59. The van der Waals surface area contributed by atoms with Crippen LogP contribution in [0.2, 0.25) is 0 Å². The van der Waals surface area contributed by atoms with Crippen LogP contribution in [-0.2, 0) is 0 Å². The van der Waals surface area contributed by atoms with E-state index in [0.717, 1.165) is 11.3 Å². The molecule has 0 fully saturated rings. The summed E-state index contributed by atoms with van der Waals surface area (Å²) in [6.07, 6.45) is 3.24. The SMILES string of the molecule is O=C(Nc1nc(C(F)F)cs1)c1cncc(Oc2cccnc2)c1. The minimum absolute atomic E-state index is 0.0916. The molecule has 3 aromatic rings. The van der Waals surface area contributed by atoms with E-state index in [0.29, 0.717) is 11.5 Å². The molecule has 1 N–H and O–H groups in total. The first-order chi connectivity index (χ1) is 11.6. The summed E-state index contributed by atoms with van der Waals surface area (Å²) in [5.74, 6) is 0.329. The summed E-state index contributed by atoms with van der Waals surface area (Å²) in [6.45, 7) is 0. The summed E-state index contributed by atoms with van der Waals surface area (Å²) in [5, 5.41) is 3.74. The molecule has 9 heteroatoms. The number of aromatic nitrogens is 3. The zero-order valence-electron chi connectivity index (χ0n) is 12.0. The van der Waals surface area contributed by atoms with Crippen LogP contribution in [0.4, 0.5) is 13.9 Å². The fourth-order valence-electron chi connectivity index (χ4n) is 1.76. The standard InChI is InChI=1S/C15H10F2N4O2S/c16-13(17)12-8-24-15(20-12)21-14(22)9-4-11(7-19-5-9)23-10-2-1-3-18-6-10/h1-8,13H,(H,20,21,22). The number of carbonyl (C=O) groups excluding carboxylic acids is 1. The van der Waals surface area contributed by atoms with Gasteiger partial charge in [0, 0.05) is 17.8 Å². The van der Waals surface area contributed by atoms with Crippen molar-refractivity contribution in [2.45, 2.75) is 6.43 Å². The minimum Gasteiger partial charge on any atom is -0.454 e. The highest BCUT2D eigenvalue weighted by atomic mass is 32.1. The molecule has 3 heterocycles. The summed E-state index contributed by atoms with van der Waals surface area (Å²) in [5.41, 5.74) is -0.160. The van der Waals surface area contributed by atoms with Crippen molar-refractivity contribution in [2.75, 3.05) is 5.32 Å². The zero-order valence-corrected chi connectivity index (χ0v) is 12.8. The van der Waals surface area contributed by atoms with Crippen molar-refractivity contribution in [3.8, 4) is 11.5 Å². The molecule has 3 rings (SSSR count). The first-order valence-electron chi connectivity index (χ1n) is 6.69. The van der Waals surface area contributed by atoms with Crippen molar-refractivity contribution in [3.05, 3.63) is 59.6 Å². The third kappa shape index (κ3) is 3.87. The fraction of sp³-hybridized carbons (Fsp3) is 0.0667. The van der Waals surface area contributed by atoms with E-state index in [1.807, 2.05) is 0 Å². The van der Waals surface area contributed by atoms with E-state index in [4.69, 9.17) is 4.74 Å². The Morgan fingerprint density at radius 1 is 1.21 bits per heavy atom. The van der Waals surface area contributed by atoms with E-state index in [-0.39, 0.29) is 16.4 Å². The largest absolute Gasteiger partial charge is 0.454 e. The van der Waals surface area contributed by atoms with Crippen LogP contribution in [0, 0.1) is 0 Å². The quantitative estimate of drug-likeness (QED) is 0.756. The van der Waals surface area contributed by atoms with Gasteiger partial charge in [-0.1, -0.05) is 0 Å². The van der Waals surface area contributed by atoms with Crippen LogP contribution in [0.1, 0.15) is 22.5 Å². The van der Waals surface area contributed by atoms with Crippen molar-refractivity contribution in [3.63, 3.8) is 0 Å². The van der Waals surface area contributed by atoms with Crippen LogP contribution in [0.25, 0.3) is 0 Å². The first-order valence-corrected chi connectivity index (χ1v) is 7.57. The molecular weight excluding hydrogens is 338 g/mol. The maximum absolute atomic E-state index is 12.5. The number of rotatable bonds is 5. The van der Waals surface area contributed by atoms with Crippen molar-refractivity contribution in [1.29, 1.82) is 0 Å². The molecule has 0 saturated heterocycles. The normalized spacial score (nSPS) is 10.6. The number of alkyl halides is 2. The lowest BCUT2D eigenvalue weighted by Gasteiger charge is -2.06. The number of thiazole rings is 1. The molecule has 6 nitrogen and oxygen atoms in total. The van der Waals surface area contributed by atoms with Crippen LogP contribution < -0.4 is 10.1 Å². The topological polar surface area (TPSA) is 77.0 Å². The lowest BCUT2D eigenvalue weighted by atomic mass is 10.2. The van der Waals surface area contributed by atoms with Crippen molar-refractivity contribution < 1.29 is 18.3 Å². The van der Waals surface area contributed by atoms with Crippen LogP contribution in [0.3, 0.4) is 0 Å². The van der Waals surface area contributed by atoms with Crippen molar-refractivity contribution in [2.24, 2.45) is 0 Å². The maximum Gasteiger partial charge on any atom is 0.281 e. The Morgan fingerprint density at radius 3 is 2.75 bits per heavy atom. The van der Waals surface area contributed by atoms with E-state index >= 15 is 0 Å². The Kier molecular flexibility index (Phi) is 4.71. The number of ether oxygens (including phenoxy) is 1. The Balaban J connectivity index is 1.71. The Labute approximate surface area is 139 Å². The third-order valence-electron chi connectivity index (χ3n) is 2.81. The second-order valence-electron chi connectivity index (χ2n) is 4.53. The van der Waals surface area contributed by atoms with Gasteiger partial charge in [0.2, 0.25) is 0 Å². The van der Waals surface area contributed by atoms with E-state index in [1.54, 1.807) is 18.3 Å². The molecule has 0 saturated carbocycles. The highest BCUT2D eigenvalue weighted by Crippen LogP contribution is 2.25. The molecular formula is C15H10F2N4O2S. The number of pyridine rings is 2. The monoisotopic (exact) mass is 348 g/mol. The van der Waals surface area contributed by atoms with Gasteiger partial charge < -0.3 is 4.74 Å². The Bertz CT molecular complexity index is 842. The molecule has 122 valence electrons. The number of carbonyl (C=O) groups is 1. The fourth-order valence-corrected chi connectivity index (χ4v) is 2.45. The average Bonchev–Trinajstić information content (AvgIpc) is 3.05. The number of hydrogen-bond acceptors (Lipinski definition) is 6. The van der Waals surface area contributed by atoms with E-state index < -0.39 is 12.3 Å². The highest BCUT2D eigenvalue weighted by molar-refractivity contribution is 7.14. The van der Waals surface area contributed by atoms with Crippen LogP contribution in [0.15, 0.2) is 48.4 Å². The van der Waals surface area contributed by atoms with Gasteiger partial charge in [0.25, 0.3) is 12.3 Å². The number of hydrogen-bond donors (Lipinski definition) is 1. The summed E-state index contributed by atoms with van der Waals surface area (Å²) in [7, 11) is 0. The molecule has 0 aliphatic rings. The average molecular weight is 348 g/mol. The van der Waals surface area contributed by atoms with Gasteiger partial charge in [-0.05, 0) is 18.2 Å². The van der Waals surface area contributed by atoms with E-state index in [1.165, 1.54) is 30.0 Å². The Morgan fingerprint density at radius 2 is 2.04 bits per heavy atom. The number of amides is 1. The molecule has 0 aromatic carbocycles. The molecule has 0 bridgehead atoms. The molecule has 24 heavy (non-hydrogen) atoms. The lowest BCUT2D eigenvalue weighted by Crippen LogP contribution is -2.12. The van der Waals surface area contributed by atoms with Gasteiger partial charge in [-0.2, -0.15) is 0 Å². The van der Waals surface area contributed by atoms with Gasteiger partial charge in [-0.15, -0.1) is 11.3 Å². The minimum atomic E-state index is -2.68. The molecule has 0 aliphatic carbocycles. The lowest BCUT2D eigenvalue weighted by molar-refractivity contribution is 0.102. The van der Waals surface area contributed by atoms with Gasteiger partial charge in [0.15, 0.2) is 5.13 Å². The number of nitrogens with zero attached hydrogens (tertiary/aromatic N) is 3. The highest BCUT2D eigenvalue weighted by Gasteiger charge is 2.15. The van der Waals surface area contributed by atoms with Crippen LogP contribution >= 0.6 is 11.3 Å². The molecule has 0 radical (unpaired) electrons. The Hall–Kier alpha value is -2.94. The summed E-state index contributed by atoms with van der Waals surface area (Å²) in [4.78, 5) is 23.7. The smallest absolute Gasteiger partial charge is 0.281 e. The van der Waals surface area contributed by atoms with Crippen molar-refractivity contribution >= 4 is 22.4 Å². The van der Waals surface area contributed by atoms with Crippen LogP contribution in [0.5, 0.6) is 11.5 Å². The molecule has 0 spiro atoms. The summed E-state index contributed by atoms with van der Waals surface area (Å²) in [6, 6.07) is 4.90.